The maximum atomic E-state index is 12.8. The lowest BCUT2D eigenvalue weighted by Gasteiger charge is -2.37. The molecule has 3 aliphatic rings. The van der Waals surface area contributed by atoms with Gasteiger partial charge in [-0.05, 0) is 54.8 Å². The Bertz CT molecular complexity index is 1150. The van der Waals surface area contributed by atoms with E-state index >= 15 is 0 Å². The molecule has 2 aromatic carbocycles. The van der Waals surface area contributed by atoms with Crippen LogP contribution in [0.2, 0.25) is 0 Å². The SMILES string of the molecule is Cc1cc(C)c2c(c1)OC1=C3C(C=CN32)C(OCc2ccc(C(F)(F)F)cc2)=NN1C. The first-order chi connectivity index (χ1) is 14.7. The molecule has 0 amide bonds. The van der Waals surface area contributed by atoms with Crippen molar-refractivity contribution in [1.29, 1.82) is 0 Å². The van der Waals surface area contributed by atoms with E-state index in [0.717, 1.165) is 40.4 Å². The summed E-state index contributed by atoms with van der Waals surface area (Å²) in [6.45, 7) is 4.19. The van der Waals surface area contributed by atoms with Gasteiger partial charge in [0.15, 0.2) is 5.75 Å². The highest BCUT2D eigenvalue weighted by Gasteiger charge is 2.42. The van der Waals surface area contributed by atoms with Gasteiger partial charge in [-0.1, -0.05) is 18.2 Å². The first-order valence-corrected chi connectivity index (χ1v) is 9.84. The van der Waals surface area contributed by atoms with Crippen molar-refractivity contribution in [1.82, 2.24) is 5.01 Å². The molecule has 2 aromatic rings. The molecule has 5 nitrogen and oxygen atoms in total. The highest BCUT2D eigenvalue weighted by Crippen LogP contribution is 2.48. The molecule has 1 atom stereocenters. The lowest BCUT2D eigenvalue weighted by molar-refractivity contribution is -0.137. The van der Waals surface area contributed by atoms with Gasteiger partial charge < -0.3 is 14.4 Å². The van der Waals surface area contributed by atoms with Crippen molar-refractivity contribution in [2.45, 2.75) is 26.6 Å². The summed E-state index contributed by atoms with van der Waals surface area (Å²) in [6, 6.07) is 9.06. The monoisotopic (exact) mass is 427 g/mol. The third-order valence-corrected chi connectivity index (χ3v) is 5.53. The van der Waals surface area contributed by atoms with Crippen LogP contribution in [0.1, 0.15) is 22.3 Å². The smallest absolute Gasteiger partial charge is 0.416 e. The van der Waals surface area contributed by atoms with Crippen LogP contribution in [0, 0.1) is 19.8 Å². The van der Waals surface area contributed by atoms with Crippen LogP contribution in [0.15, 0.2) is 65.4 Å². The first kappa shape index (κ1) is 19.5. The van der Waals surface area contributed by atoms with Crippen LogP contribution in [0.25, 0.3) is 0 Å². The number of rotatable bonds is 2. The first-order valence-electron chi connectivity index (χ1n) is 9.84. The van der Waals surface area contributed by atoms with E-state index in [4.69, 9.17) is 9.47 Å². The minimum Gasteiger partial charge on any atom is -0.474 e. The molecule has 0 saturated carbocycles. The van der Waals surface area contributed by atoms with E-state index in [1.807, 2.05) is 32.2 Å². The van der Waals surface area contributed by atoms with Crippen LogP contribution in [0.3, 0.4) is 0 Å². The highest BCUT2D eigenvalue weighted by molar-refractivity contribution is 5.89. The van der Waals surface area contributed by atoms with E-state index in [0.29, 0.717) is 17.3 Å². The zero-order chi connectivity index (χ0) is 21.9. The number of aryl methyl sites for hydroxylation is 2. The number of hydrogen-bond donors (Lipinski definition) is 0. The lowest BCUT2D eigenvalue weighted by atomic mass is 10.0. The van der Waals surface area contributed by atoms with Gasteiger partial charge in [0.25, 0.3) is 0 Å². The average Bonchev–Trinajstić information content (AvgIpc) is 3.14. The predicted octanol–water partition coefficient (Wildman–Crippen LogP) is 5.31. The van der Waals surface area contributed by atoms with Crippen LogP contribution < -0.4 is 9.64 Å². The van der Waals surface area contributed by atoms with Crippen molar-refractivity contribution in [2.75, 3.05) is 11.9 Å². The standard InChI is InChI=1S/C23H20F3N3O2/c1-13-10-14(2)19-18(11-13)31-22-20-17(8-9-29(19)20)21(27-28(22)3)30-12-15-4-6-16(7-5-15)23(24,25)26/h4-11,17H,12H2,1-3H3. The Morgan fingerprint density at radius 1 is 1.13 bits per heavy atom. The second-order valence-corrected chi connectivity index (χ2v) is 7.86. The van der Waals surface area contributed by atoms with Crippen LogP contribution in [0.4, 0.5) is 18.9 Å². The van der Waals surface area contributed by atoms with Crippen molar-refractivity contribution in [3.63, 3.8) is 0 Å². The molecular formula is C23H20F3N3O2. The summed E-state index contributed by atoms with van der Waals surface area (Å²) in [5.74, 6) is 1.65. The molecule has 0 saturated heterocycles. The third-order valence-electron chi connectivity index (χ3n) is 5.53. The maximum Gasteiger partial charge on any atom is 0.416 e. The summed E-state index contributed by atoms with van der Waals surface area (Å²) >= 11 is 0. The quantitative estimate of drug-likeness (QED) is 0.651. The molecule has 0 aliphatic carbocycles. The van der Waals surface area contributed by atoms with E-state index in [1.54, 1.807) is 12.1 Å². The lowest BCUT2D eigenvalue weighted by Crippen LogP contribution is -2.38. The largest absolute Gasteiger partial charge is 0.474 e. The number of benzene rings is 2. The summed E-state index contributed by atoms with van der Waals surface area (Å²) in [6.07, 6.45) is -0.379. The van der Waals surface area contributed by atoms with Gasteiger partial charge >= 0.3 is 6.18 Å². The molecule has 0 aromatic heterocycles. The van der Waals surface area contributed by atoms with Crippen molar-refractivity contribution < 1.29 is 22.6 Å². The molecule has 0 fully saturated rings. The second kappa shape index (κ2) is 6.80. The molecule has 31 heavy (non-hydrogen) atoms. The van der Waals surface area contributed by atoms with E-state index in [-0.39, 0.29) is 12.5 Å². The summed E-state index contributed by atoms with van der Waals surface area (Å²) in [4.78, 5) is 2.10. The van der Waals surface area contributed by atoms with Crippen LogP contribution in [-0.4, -0.2) is 18.0 Å². The molecule has 0 N–H and O–H groups in total. The summed E-state index contributed by atoms with van der Waals surface area (Å²) in [7, 11) is 1.78. The number of nitrogens with zero attached hydrogens (tertiary/aromatic N) is 3. The summed E-state index contributed by atoms with van der Waals surface area (Å²) in [5.41, 5.74) is 4.07. The molecule has 3 aliphatic heterocycles. The number of ether oxygens (including phenoxy) is 2. The zero-order valence-corrected chi connectivity index (χ0v) is 17.2. The number of hydrogen-bond acceptors (Lipinski definition) is 5. The fourth-order valence-electron chi connectivity index (χ4n) is 4.14. The minimum absolute atomic E-state index is 0.118. The normalized spacial score (nSPS) is 19.2. The molecule has 3 heterocycles. The molecule has 0 radical (unpaired) electrons. The molecule has 0 bridgehead atoms. The van der Waals surface area contributed by atoms with Gasteiger partial charge in [-0.3, -0.25) is 0 Å². The van der Waals surface area contributed by atoms with Crippen LogP contribution in [0.5, 0.6) is 5.75 Å². The second-order valence-electron chi connectivity index (χ2n) is 7.86. The number of fused-ring (bicyclic) bond motifs is 2. The van der Waals surface area contributed by atoms with Crippen molar-refractivity contribution in [3.8, 4) is 5.75 Å². The molecule has 160 valence electrons. The van der Waals surface area contributed by atoms with Gasteiger partial charge in [0.05, 0.1) is 11.3 Å². The van der Waals surface area contributed by atoms with Crippen molar-refractivity contribution >= 4 is 11.6 Å². The average molecular weight is 427 g/mol. The number of hydrazone groups is 1. The van der Waals surface area contributed by atoms with Crippen molar-refractivity contribution in [3.05, 3.63) is 82.5 Å². The van der Waals surface area contributed by atoms with Gasteiger partial charge in [-0.2, -0.15) is 13.2 Å². The Kier molecular flexibility index (Phi) is 4.28. The Balaban J connectivity index is 1.38. The van der Waals surface area contributed by atoms with Gasteiger partial charge in [0.1, 0.15) is 18.2 Å². The summed E-state index contributed by atoms with van der Waals surface area (Å²) < 4.78 is 50.5. The molecule has 1 unspecified atom stereocenters. The molecule has 5 rings (SSSR count). The summed E-state index contributed by atoms with van der Waals surface area (Å²) in [5, 5.41) is 6.16. The predicted molar refractivity (Wildman–Crippen MR) is 110 cm³/mol. The van der Waals surface area contributed by atoms with Gasteiger partial charge in [-0.25, -0.2) is 5.01 Å². The van der Waals surface area contributed by atoms with Gasteiger partial charge in [-0.15, -0.1) is 5.10 Å². The van der Waals surface area contributed by atoms with Crippen LogP contribution >= 0.6 is 0 Å². The van der Waals surface area contributed by atoms with Crippen LogP contribution in [-0.2, 0) is 17.5 Å². The fourth-order valence-corrected chi connectivity index (χ4v) is 4.14. The van der Waals surface area contributed by atoms with E-state index in [1.165, 1.54) is 12.1 Å². The molecule has 8 heteroatoms. The topological polar surface area (TPSA) is 37.3 Å². The van der Waals surface area contributed by atoms with Crippen molar-refractivity contribution in [2.24, 2.45) is 11.0 Å². The Morgan fingerprint density at radius 3 is 2.58 bits per heavy atom. The Morgan fingerprint density at radius 2 is 1.87 bits per heavy atom. The third kappa shape index (κ3) is 3.22. The van der Waals surface area contributed by atoms with E-state index in [2.05, 4.69) is 16.1 Å². The molecular weight excluding hydrogens is 407 g/mol. The Labute approximate surface area is 177 Å². The number of alkyl halides is 3. The minimum atomic E-state index is -4.36. The number of anilines is 1. The van der Waals surface area contributed by atoms with E-state index < -0.39 is 11.7 Å². The van der Waals surface area contributed by atoms with Gasteiger partial charge in [0, 0.05) is 13.2 Å². The zero-order valence-electron chi connectivity index (χ0n) is 17.2. The fraction of sp³-hybridized carbons (Fsp3) is 0.261. The molecule has 0 spiro atoms. The number of halogens is 3. The van der Waals surface area contributed by atoms with Gasteiger partial charge in [0.2, 0.25) is 11.8 Å². The maximum absolute atomic E-state index is 12.8. The Hall–Kier alpha value is -3.42. The highest BCUT2D eigenvalue weighted by atomic mass is 19.4. The van der Waals surface area contributed by atoms with E-state index in [9.17, 15) is 13.2 Å².